The first kappa shape index (κ1) is 11.7. The first-order chi connectivity index (χ1) is 9.29. The van der Waals surface area contributed by atoms with Crippen molar-refractivity contribution in [2.75, 3.05) is 0 Å². The van der Waals surface area contributed by atoms with E-state index >= 15 is 0 Å². The molecule has 4 heteroatoms. The number of aliphatic hydroxyl groups is 1. The molecular weight excluding hydrogens is 243 g/mol. The summed E-state index contributed by atoms with van der Waals surface area (Å²) >= 11 is 0. The summed E-state index contributed by atoms with van der Waals surface area (Å²) < 4.78 is 13.7. The standard InChI is InChI=1S/C15H11FN2O/c16-14-6-5-13(11-3-1-2-4-12(11)14)15-17-7-10(9-19)8-18-15/h1-8,19H,9H2. The molecule has 0 aliphatic carbocycles. The molecule has 0 bridgehead atoms. The van der Waals surface area contributed by atoms with Crippen LogP contribution in [0.15, 0.2) is 48.8 Å². The molecule has 0 unspecified atom stereocenters. The van der Waals surface area contributed by atoms with E-state index in [9.17, 15) is 4.39 Å². The predicted octanol–water partition coefficient (Wildman–Crippen LogP) is 2.93. The van der Waals surface area contributed by atoms with Gasteiger partial charge in [-0.25, -0.2) is 14.4 Å². The summed E-state index contributed by atoms with van der Waals surface area (Å²) in [7, 11) is 0. The lowest BCUT2D eigenvalue weighted by atomic mass is 10.0. The van der Waals surface area contributed by atoms with E-state index in [0.29, 0.717) is 16.8 Å². The van der Waals surface area contributed by atoms with Gasteiger partial charge in [-0.1, -0.05) is 24.3 Å². The second kappa shape index (κ2) is 4.74. The lowest BCUT2D eigenvalue weighted by Gasteiger charge is -2.06. The highest BCUT2D eigenvalue weighted by Gasteiger charge is 2.09. The van der Waals surface area contributed by atoms with E-state index in [-0.39, 0.29) is 12.4 Å². The number of halogens is 1. The van der Waals surface area contributed by atoms with E-state index in [1.165, 1.54) is 6.07 Å². The number of nitrogens with zero attached hydrogens (tertiary/aromatic N) is 2. The van der Waals surface area contributed by atoms with Gasteiger partial charge in [0, 0.05) is 28.9 Å². The van der Waals surface area contributed by atoms with Gasteiger partial charge in [0.2, 0.25) is 0 Å². The summed E-state index contributed by atoms with van der Waals surface area (Å²) in [5, 5.41) is 10.3. The van der Waals surface area contributed by atoms with Crippen LogP contribution in [0, 0.1) is 5.82 Å². The van der Waals surface area contributed by atoms with Gasteiger partial charge in [0.25, 0.3) is 0 Å². The molecule has 94 valence electrons. The molecule has 1 heterocycles. The molecule has 0 saturated carbocycles. The van der Waals surface area contributed by atoms with Crippen molar-refractivity contribution in [1.29, 1.82) is 0 Å². The minimum absolute atomic E-state index is 0.0928. The zero-order valence-electron chi connectivity index (χ0n) is 10.0. The quantitative estimate of drug-likeness (QED) is 0.764. The predicted molar refractivity (Wildman–Crippen MR) is 70.9 cm³/mol. The van der Waals surface area contributed by atoms with Gasteiger partial charge in [-0.05, 0) is 17.5 Å². The fourth-order valence-electron chi connectivity index (χ4n) is 2.03. The van der Waals surface area contributed by atoms with E-state index in [0.717, 1.165) is 10.9 Å². The Morgan fingerprint density at radius 2 is 1.63 bits per heavy atom. The van der Waals surface area contributed by atoms with Gasteiger partial charge in [0.1, 0.15) is 5.82 Å². The van der Waals surface area contributed by atoms with Crippen molar-refractivity contribution in [2.24, 2.45) is 0 Å². The maximum atomic E-state index is 13.7. The zero-order valence-corrected chi connectivity index (χ0v) is 10.0. The third kappa shape index (κ3) is 2.06. The number of fused-ring (bicyclic) bond motifs is 1. The van der Waals surface area contributed by atoms with Gasteiger partial charge < -0.3 is 5.11 Å². The molecule has 0 fully saturated rings. The van der Waals surface area contributed by atoms with Crippen LogP contribution in [0.1, 0.15) is 5.56 Å². The molecule has 19 heavy (non-hydrogen) atoms. The zero-order chi connectivity index (χ0) is 13.2. The van der Waals surface area contributed by atoms with Crippen molar-refractivity contribution in [2.45, 2.75) is 6.61 Å². The molecule has 0 atom stereocenters. The maximum absolute atomic E-state index is 13.7. The molecule has 3 aromatic rings. The van der Waals surface area contributed by atoms with E-state index in [2.05, 4.69) is 9.97 Å². The molecule has 0 aliphatic heterocycles. The second-order valence-corrected chi connectivity index (χ2v) is 4.21. The Labute approximate surface area is 109 Å². The maximum Gasteiger partial charge on any atom is 0.159 e. The average molecular weight is 254 g/mol. The molecule has 0 amide bonds. The highest BCUT2D eigenvalue weighted by molar-refractivity contribution is 5.95. The molecule has 1 aromatic heterocycles. The largest absolute Gasteiger partial charge is 0.392 e. The SMILES string of the molecule is OCc1cnc(-c2ccc(F)c3ccccc23)nc1. The number of hydrogen-bond acceptors (Lipinski definition) is 3. The van der Waals surface area contributed by atoms with E-state index in [1.807, 2.05) is 12.1 Å². The highest BCUT2D eigenvalue weighted by Crippen LogP contribution is 2.27. The Morgan fingerprint density at radius 1 is 0.947 bits per heavy atom. The number of aromatic nitrogens is 2. The van der Waals surface area contributed by atoms with Crippen molar-refractivity contribution < 1.29 is 9.50 Å². The number of aliphatic hydroxyl groups excluding tert-OH is 1. The first-order valence-electron chi connectivity index (χ1n) is 5.89. The van der Waals surface area contributed by atoms with Gasteiger partial charge in [-0.3, -0.25) is 0 Å². The van der Waals surface area contributed by atoms with Gasteiger partial charge in [-0.15, -0.1) is 0 Å². The van der Waals surface area contributed by atoms with Crippen LogP contribution in [0.2, 0.25) is 0 Å². The van der Waals surface area contributed by atoms with Crippen LogP contribution < -0.4 is 0 Å². The monoisotopic (exact) mass is 254 g/mol. The molecule has 0 aliphatic rings. The van der Waals surface area contributed by atoms with Crippen LogP contribution in [0.25, 0.3) is 22.2 Å². The summed E-state index contributed by atoms with van der Waals surface area (Å²) in [6, 6.07) is 10.3. The Kier molecular flexibility index (Phi) is 2.93. The van der Waals surface area contributed by atoms with Gasteiger partial charge >= 0.3 is 0 Å². The number of benzene rings is 2. The van der Waals surface area contributed by atoms with E-state index < -0.39 is 0 Å². The Bertz CT molecular complexity index is 726. The van der Waals surface area contributed by atoms with Crippen LogP contribution in [0.4, 0.5) is 4.39 Å². The average Bonchev–Trinajstić information content (AvgIpc) is 2.48. The molecule has 1 N–H and O–H groups in total. The van der Waals surface area contributed by atoms with E-state index in [1.54, 1.807) is 30.6 Å². The molecule has 0 radical (unpaired) electrons. The molecule has 3 nitrogen and oxygen atoms in total. The molecule has 0 spiro atoms. The number of rotatable bonds is 2. The van der Waals surface area contributed by atoms with E-state index in [4.69, 9.17) is 5.11 Å². The smallest absolute Gasteiger partial charge is 0.159 e. The van der Waals surface area contributed by atoms with Crippen molar-refractivity contribution in [3.63, 3.8) is 0 Å². The first-order valence-corrected chi connectivity index (χ1v) is 5.89. The van der Waals surface area contributed by atoms with Crippen molar-refractivity contribution >= 4 is 10.8 Å². The third-order valence-electron chi connectivity index (χ3n) is 3.00. The summed E-state index contributed by atoms with van der Waals surface area (Å²) in [5.74, 6) is 0.264. The van der Waals surface area contributed by atoms with Crippen LogP contribution in [0.3, 0.4) is 0 Å². The second-order valence-electron chi connectivity index (χ2n) is 4.21. The fraction of sp³-hybridized carbons (Fsp3) is 0.0667. The fourth-order valence-corrected chi connectivity index (χ4v) is 2.03. The third-order valence-corrected chi connectivity index (χ3v) is 3.00. The lowest BCUT2D eigenvalue weighted by molar-refractivity contribution is 0.281. The topological polar surface area (TPSA) is 46.0 Å². The van der Waals surface area contributed by atoms with Crippen molar-refractivity contribution in [3.05, 3.63) is 60.2 Å². The van der Waals surface area contributed by atoms with Gasteiger partial charge in [-0.2, -0.15) is 0 Å². The summed E-state index contributed by atoms with van der Waals surface area (Å²) in [6.45, 7) is -0.0928. The normalized spacial score (nSPS) is 10.8. The van der Waals surface area contributed by atoms with Crippen LogP contribution in [0.5, 0.6) is 0 Å². The Morgan fingerprint density at radius 3 is 2.32 bits per heavy atom. The van der Waals surface area contributed by atoms with Crippen LogP contribution >= 0.6 is 0 Å². The lowest BCUT2D eigenvalue weighted by Crippen LogP contribution is -1.93. The summed E-state index contributed by atoms with van der Waals surface area (Å²) in [6.07, 6.45) is 3.14. The van der Waals surface area contributed by atoms with Crippen LogP contribution in [-0.2, 0) is 6.61 Å². The Balaban J connectivity index is 2.21. The summed E-state index contributed by atoms with van der Waals surface area (Å²) in [5.41, 5.74) is 1.43. The van der Waals surface area contributed by atoms with Crippen molar-refractivity contribution in [1.82, 2.24) is 9.97 Å². The van der Waals surface area contributed by atoms with Crippen molar-refractivity contribution in [3.8, 4) is 11.4 Å². The molecule has 2 aromatic carbocycles. The van der Waals surface area contributed by atoms with Crippen LogP contribution in [-0.4, -0.2) is 15.1 Å². The highest BCUT2D eigenvalue weighted by atomic mass is 19.1. The Hall–Kier alpha value is -2.33. The molecular formula is C15H11FN2O. The molecule has 3 rings (SSSR count). The summed E-state index contributed by atoms with van der Waals surface area (Å²) in [4.78, 5) is 8.41. The van der Waals surface area contributed by atoms with Gasteiger partial charge in [0.15, 0.2) is 5.82 Å². The minimum atomic E-state index is -0.258. The molecule has 0 saturated heterocycles. The minimum Gasteiger partial charge on any atom is -0.392 e. The van der Waals surface area contributed by atoms with Gasteiger partial charge in [0.05, 0.1) is 6.61 Å². The number of hydrogen-bond donors (Lipinski definition) is 1.